The lowest BCUT2D eigenvalue weighted by molar-refractivity contribution is 0.0392. The molecule has 1 heterocycles. The molecule has 0 amide bonds. The first-order chi connectivity index (χ1) is 15.6. The summed E-state index contributed by atoms with van der Waals surface area (Å²) < 4.78 is 30.1. The summed E-state index contributed by atoms with van der Waals surface area (Å²) in [6.45, 7) is 1.96. The molecule has 178 valence electrons. The largest absolute Gasteiger partial charge is 0.369 e. The van der Waals surface area contributed by atoms with E-state index in [0.29, 0.717) is 25.6 Å². The highest BCUT2D eigenvalue weighted by Crippen LogP contribution is 2.23. The van der Waals surface area contributed by atoms with Crippen LogP contribution in [0.15, 0.2) is 29.5 Å². The van der Waals surface area contributed by atoms with Crippen LogP contribution in [0.2, 0.25) is 0 Å². The molecular formula is C22H36N6O3S. The smallest absolute Gasteiger partial charge is 0.211 e. The van der Waals surface area contributed by atoms with Gasteiger partial charge in [0.1, 0.15) is 6.73 Å². The van der Waals surface area contributed by atoms with Crippen molar-refractivity contribution in [2.45, 2.75) is 64.2 Å². The van der Waals surface area contributed by atoms with Crippen molar-refractivity contribution in [1.29, 1.82) is 5.26 Å². The van der Waals surface area contributed by atoms with Crippen LogP contribution in [-0.2, 0) is 15.6 Å². The molecule has 0 atom stereocenters. The summed E-state index contributed by atoms with van der Waals surface area (Å²) in [5, 5.41) is 8.79. The van der Waals surface area contributed by atoms with Crippen LogP contribution >= 0.6 is 0 Å². The maximum absolute atomic E-state index is 11.5. The normalized spacial score (nSPS) is 15.2. The molecular weight excluding hydrogens is 428 g/mol. The Bertz CT molecular complexity index is 783. The molecule has 2 rings (SSSR count). The molecule has 9 nitrogen and oxygen atoms in total. The molecule has 0 unspecified atom stereocenters. The number of hydrogen-bond acceptors (Lipinski definition) is 6. The van der Waals surface area contributed by atoms with Crippen molar-refractivity contribution in [3.8, 4) is 6.19 Å². The van der Waals surface area contributed by atoms with Crippen LogP contribution in [0.4, 0.5) is 5.69 Å². The van der Waals surface area contributed by atoms with Crippen molar-refractivity contribution in [3.63, 3.8) is 0 Å². The fraction of sp³-hybridized carbons (Fsp3) is 0.682. The minimum Gasteiger partial charge on any atom is -0.369 e. The average molecular weight is 465 g/mol. The maximum Gasteiger partial charge on any atom is 0.211 e. The number of pyridine rings is 1. The van der Waals surface area contributed by atoms with Gasteiger partial charge in [-0.2, -0.15) is 9.57 Å². The van der Waals surface area contributed by atoms with E-state index in [4.69, 9.17) is 15.7 Å². The van der Waals surface area contributed by atoms with Gasteiger partial charge in [0.15, 0.2) is 0 Å². The lowest BCUT2D eigenvalue weighted by Gasteiger charge is -2.23. The Morgan fingerprint density at radius 3 is 2.44 bits per heavy atom. The summed E-state index contributed by atoms with van der Waals surface area (Å²) in [6.07, 6.45) is 15.9. The van der Waals surface area contributed by atoms with Crippen molar-refractivity contribution in [2.75, 3.05) is 31.3 Å². The molecule has 1 aliphatic carbocycles. The third-order valence-electron chi connectivity index (χ3n) is 5.76. The van der Waals surface area contributed by atoms with Gasteiger partial charge in [0.25, 0.3) is 0 Å². The van der Waals surface area contributed by atoms with Crippen LogP contribution in [0.25, 0.3) is 0 Å². The number of nitrogens with two attached hydrogens (primary N) is 1. The van der Waals surface area contributed by atoms with Crippen LogP contribution in [0.1, 0.15) is 64.2 Å². The SMILES string of the molecule is N#CN=C(N)N(CCCCCCCN(COCC1CCCCC1)[SH](=O)=O)c1ccncc1. The Kier molecular flexibility index (Phi) is 12.7. The number of ether oxygens (including phenoxy) is 1. The third-order valence-corrected chi connectivity index (χ3v) is 6.54. The van der Waals surface area contributed by atoms with E-state index in [1.165, 1.54) is 36.4 Å². The Morgan fingerprint density at radius 2 is 1.78 bits per heavy atom. The summed E-state index contributed by atoms with van der Waals surface area (Å²) in [5.74, 6) is 0.746. The first kappa shape index (κ1) is 26.0. The van der Waals surface area contributed by atoms with Crippen molar-refractivity contribution in [1.82, 2.24) is 9.29 Å². The van der Waals surface area contributed by atoms with E-state index in [1.54, 1.807) is 23.5 Å². The number of thiol groups is 1. The standard InChI is InChI=1S/C22H36N6O3S/c23-18-26-22(24)28(21-11-13-25-14-12-21)16-8-3-1-2-7-15-27(32(29)30)19-31-17-20-9-5-4-6-10-20/h11-14,20,32H,1-10,15-17,19H2,(H2,24,26). The van der Waals surface area contributed by atoms with Crippen molar-refractivity contribution in [2.24, 2.45) is 16.6 Å². The van der Waals surface area contributed by atoms with Crippen LogP contribution < -0.4 is 10.6 Å². The molecule has 0 aromatic carbocycles. The summed E-state index contributed by atoms with van der Waals surface area (Å²) in [4.78, 5) is 9.46. The molecule has 1 aromatic rings. The van der Waals surface area contributed by atoms with Crippen LogP contribution in [-0.4, -0.2) is 50.1 Å². The molecule has 10 heteroatoms. The molecule has 0 aliphatic heterocycles. The molecule has 0 radical (unpaired) electrons. The van der Waals surface area contributed by atoms with Gasteiger partial charge in [-0.05, 0) is 43.7 Å². The van der Waals surface area contributed by atoms with E-state index < -0.39 is 10.9 Å². The van der Waals surface area contributed by atoms with Crippen molar-refractivity contribution >= 4 is 22.5 Å². The van der Waals surface area contributed by atoms with Gasteiger partial charge in [0.05, 0.1) is 6.61 Å². The van der Waals surface area contributed by atoms with E-state index >= 15 is 0 Å². The Morgan fingerprint density at radius 1 is 1.12 bits per heavy atom. The molecule has 1 aromatic heterocycles. The predicted octanol–water partition coefficient (Wildman–Crippen LogP) is 3.02. The number of nitriles is 1. The first-order valence-electron chi connectivity index (χ1n) is 11.5. The number of anilines is 1. The van der Waals surface area contributed by atoms with Gasteiger partial charge in [0.2, 0.25) is 23.0 Å². The quantitative estimate of drug-likeness (QED) is 0.108. The predicted molar refractivity (Wildman–Crippen MR) is 126 cm³/mol. The Balaban J connectivity index is 1.62. The number of nitrogens with zero attached hydrogens (tertiary/aromatic N) is 5. The van der Waals surface area contributed by atoms with E-state index in [2.05, 4.69) is 9.98 Å². The second-order valence-corrected chi connectivity index (χ2v) is 9.21. The van der Waals surface area contributed by atoms with E-state index in [9.17, 15) is 8.42 Å². The van der Waals surface area contributed by atoms with Gasteiger partial charge < -0.3 is 15.4 Å². The fourth-order valence-corrected chi connectivity index (χ4v) is 4.46. The Labute approximate surface area is 193 Å². The molecule has 0 saturated heterocycles. The van der Waals surface area contributed by atoms with E-state index in [-0.39, 0.29) is 12.7 Å². The van der Waals surface area contributed by atoms with Crippen LogP contribution in [0.5, 0.6) is 0 Å². The maximum atomic E-state index is 11.5. The summed E-state index contributed by atoms with van der Waals surface area (Å²) in [6, 6.07) is 3.66. The summed E-state index contributed by atoms with van der Waals surface area (Å²) in [7, 11) is -2.62. The number of aliphatic imine (C=N–C) groups is 1. The monoisotopic (exact) mass is 464 g/mol. The topological polar surface area (TPSA) is 125 Å². The first-order valence-corrected chi connectivity index (χ1v) is 12.6. The lowest BCUT2D eigenvalue weighted by atomic mass is 9.90. The van der Waals surface area contributed by atoms with Crippen LogP contribution in [0.3, 0.4) is 0 Å². The number of aromatic nitrogens is 1. The van der Waals surface area contributed by atoms with Gasteiger partial charge in [-0.1, -0.05) is 38.5 Å². The third kappa shape index (κ3) is 9.94. The van der Waals surface area contributed by atoms with Gasteiger partial charge in [0, 0.05) is 31.2 Å². The molecule has 1 aliphatic rings. The van der Waals surface area contributed by atoms with Gasteiger partial charge in [-0.15, -0.1) is 4.99 Å². The zero-order valence-corrected chi connectivity index (χ0v) is 19.7. The number of rotatable bonds is 14. The fourth-order valence-electron chi connectivity index (χ4n) is 3.98. The Hall–Kier alpha value is -2.22. The molecule has 32 heavy (non-hydrogen) atoms. The van der Waals surface area contributed by atoms with Gasteiger partial charge in [-0.25, -0.2) is 8.42 Å². The average Bonchev–Trinajstić information content (AvgIpc) is 2.81. The second kappa shape index (κ2) is 15.6. The van der Waals surface area contributed by atoms with Crippen LogP contribution in [0, 0.1) is 17.4 Å². The second-order valence-electron chi connectivity index (χ2n) is 8.17. The number of unbranched alkanes of at least 4 members (excludes halogenated alkanes) is 4. The van der Waals surface area contributed by atoms with E-state index in [1.807, 2.05) is 12.1 Å². The van der Waals surface area contributed by atoms with Gasteiger partial charge >= 0.3 is 0 Å². The minimum atomic E-state index is -2.62. The molecule has 1 saturated carbocycles. The van der Waals surface area contributed by atoms with Gasteiger partial charge in [-0.3, -0.25) is 4.98 Å². The zero-order valence-electron chi connectivity index (χ0n) is 18.8. The molecule has 1 fully saturated rings. The molecule has 0 spiro atoms. The highest BCUT2D eigenvalue weighted by atomic mass is 32.2. The summed E-state index contributed by atoms with van der Waals surface area (Å²) in [5.41, 5.74) is 6.78. The van der Waals surface area contributed by atoms with E-state index in [0.717, 1.165) is 37.8 Å². The molecule has 0 bridgehead atoms. The number of hydrogen-bond donors (Lipinski definition) is 2. The molecule has 2 N–H and O–H groups in total. The summed E-state index contributed by atoms with van der Waals surface area (Å²) >= 11 is 0. The zero-order chi connectivity index (χ0) is 23.0. The lowest BCUT2D eigenvalue weighted by Crippen LogP contribution is -2.38. The number of guanidine groups is 1. The van der Waals surface area contributed by atoms with Crippen molar-refractivity contribution < 1.29 is 13.2 Å². The highest BCUT2D eigenvalue weighted by molar-refractivity contribution is 7.69. The minimum absolute atomic E-state index is 0.160. The van der Waals surface area contributed by atoms with Crippen molar-refractivity contribution in [3.05, 3.63) is 24.5 Å². The highest BCUT2D eigenvalue weighted by Gasteiger charge is 2.15.